The van der Waals surface area contributed by atoms with Gasteiger partial charge in [-0.15, -0.1) is 0 Å². The first-order valence-corrected chi connectivity index (χ1v) is 7.99. The molecule has 6 nitrogen and oxygen atoms in total. The van der Waals surface area contributed by atoms with Crippen LogP contribution >= 0.6 is 0 Å². The highest BCUT2D eigenvalue weighted by molar-refractivity contribution is 5.87. The van der Waals surface area contributed by atoms with Crippen molar-refractivity contribution >= 4 is 11.7 Å². The number of aliphatic hydroxyl groups excluding tert-OH is 1. The number of β-amino-alcohol motifs (C(OH)–C–C–N with tert-alkyl or cyclic N) is 1. The van der Waals surface area contributed by atoms with E-state index in [9.17, 15) is 9.90 Å². The summed E-state index contributed by atoms with van der Waals surface area (Å²) < 4.78 is 0. The maximum atomic E-state index is 11.1. The molecule has 1 aliphatic rings. The van der Waals surface area contributed by atoms with Crippen LogP contribution in [0.5, 0.6) is 0 Å². The topological polar surface area (TPSA) is 76.9 Å². The van der Waals surface area contributed by atoms with Crippen molar-refractivity contribution in [2.45, 2.75) is 12.6 Å². The quantitative estimate of drug-likeness (QED) is 0.885. The minimum atomic E-state index is -0.920. The van der Waals surface area contributed by atoms with Crippen molar-refractivity contribution in [3.05, 3.63) is 59.9 Å². The third kappa shape index (κ3) is 4.10. The fourth-order valence-corrected chi connectivity index (χ4v) is 3.05. The van der Waals surface area contributed by atoms with E-state index in [1.165, 1.54) is 0 Å². The molecule has 0 unspecified atom stereocenters. The van der Waals surface area contributed by atoms with Crippen LogP contribution in [0.3, 0.4) is 0 Å². The number of carboxylic acids is 1. The number of nitrogens with zero attached hydrogens (tertiary/aromatic N) is 3. The lowest BCUT2D eigenvalue weighted by Crippen LogP contribution is -2.33. The van der Waals surface area contributed by atoms with E-state index in [1.54, 1.807) is 30.6 Å². The fourth-order valence-electron chi connectivity index (χ4n) is 3.05. The Kier molecular flexibility index (Phi) is 5.08. The average Bonchev–Trinajstić information content (AvgIpc) is 2.77. The van der Waals surface area contributed by atoms with E-state index in [-0.39, 0.29) is 0 Å². The van der Waals surface area contributed by atoms with E-state index in [1.807, 2.05) is 18.2 Å². The lowest BCUT2D eigenvalue weighted by atomic mass is 10.1. The number of benzene rings is 1. The summed E-state index contributed by atoms with van der Waals surface area (Å²) in [5.41, 5.74) is 2.29. The number of aromatic nitrogens is 1. The summed E-state index contributed by atoms with van der Waals surface area (Å²) in [6, 6.07) is 10.9. The number of pyridine rings is 1. The van der Waals surface area contributed by atoms with Gasteiger partial charge in [0, 0.05) is 50.8 Å². The lowest BCUT2D eigenvalue weighted by molar-refractivity contribution is 0.0696. The Morgan fingerprint density at radius 3 is 2.71 bits per heavy atom. The zero-order valence-electron chi connectivity index (χ0n) is 13.4. The highest BCUT2D eigenvalue weighted by Crippen LogP contribution is 2.17. The molecule has 0 amide bonds. The normalized spacial score (nSPS) is 19.0. The van der Waals surface area contributed by atoms with Gasteiger partial charge >= 0.3 is 5.97 Å². The smallest absolute Gasteiger partial charge is 0.335 e. The molecule has 2 heterocycles. The first-order chi connectivity index (χ1) is 11.6. The van der Waals surface area contributed by atoms with Gasteiger partial charge in [-0.2, -0.15) is 0 Å². The van der Waals surface area contributed by atoms with Crippen LogP contribution in [0.2, 0.25) is 0 Å². The maximum Gasteiger partial charge on any atom is 0.335 e. The highest BCUT2D eigenvalue weighted by atomic mass is 16.4. The third-order valence-electron chi connectivity index (χ3n) is 4.19. The number of hydrogen-bond donors (Lipinski definition) is 2. The van der Waals surface area contributed by atoms with Crippen molar-refractivity contribution in [2.24, 2.45) is 0 Å². The van der Waals surface area contributed by atoms with E-state index >= 15 is 0 Å². The second-order valence-corrected chi connectivity index (χ2v) is 6.05. The zero-order chi connectivity index (χ0) is 16.9. The SMILES string of the molecule is O=C(O)c1cccc(CN2CCN(c3ccncc3)C[C@@H](O)C2)c1. The third-order valence-corrected chi connectivity index (χ3v) is 4.19. The van der Waals surface area contributed by atoms with E-state index < -0.39 is 12.1 Å². The molecule has 1 fully saturated rings. The minimum Gasteiger partial charge on any atom is -0.478 e. The molecule has 0 saturated carbocycles. The molecular formula is C18H21N3O3. The predicted octanol–water partition coefficient (Wildman–Crippen LogP) is 1.46. The molecule has 1 aromatic heterocycles. The average molecular weight is 327 g/mol. The summed E-state index contributed by atoms with van der Waals surface area (Å²) in [5.74, 6) is -0.920. The number of carboxylic acid groups (broad SMARTS) is 1. The van der Waals surface area contributed by atoms with Crippen molar-refractivity contribution in [3.63, 3.8) is 0 Å². The Balaban J connectivity index is 1.68. The molecule has 0 spiro atoms. The van der Waals surface area contributed by atoms with Crippen molar-refractivity contribution in [1.29, 1.82) is 0 Å². The molecule has 126 valence electrons. The lowest BCUT2D eigenvalue weighted by Gasteiger charge is -2.23. The van der Waals surface area contributed by atoms with Crippen LogP contribution < -0.4 is 4.90 Å². The van der Waals surface area contributed by atoms with Crippen LogP contribution in [-0.4, -0.2) is 58.3 Å². The van der Waals surface area contributed by atoms with Crippen LogP contribution in [0.15, 0.2) is 48.8 Å². The number of rotatable bonds is 4. The number of aliphatic hydroxyl groups is 1. The standard InChI is InChI=1S/C18H21N3O3/c22-17-12-20(11-14-2-1-3-15(10-14)18(23)24)8-9-21(13-17)16-4-6-19-7-5-16/h1-7,10,17,22H,8-9,11-13H2,(H,23,24)/t17-/m0/s1. The van der Waals surface area contributed by atoms with Gasteiger partial charge in [0.1, 0.15) is 0 Å². The summed E-state index contributed by atoms with van der Waals surface area (Å²) in [6.07, 6.45) is 3.05. The fraction of sp³-hybridized carbons (Fsp3) is 0.333. The summed E-state index contributed by atoms with van der Waals surface area (Å²) in [6.45, 7) is 3.38. The van der Waals surface area contributed by atoms with Gasteiger partial charge in [0.05, 0.1) is 11.7 Å². The van der Waals surface area contributed by atoms with Gasteiger partial charge in [-0.05, 0) is 29.8 Å². The van der Waals surface area contributed by atoms with E-state index in [0.29, 0.717) is 25.2 Å². The first kappa shape index (κ1) is 16.4. The molecule has 0 bridgehead atoms. The Morgan fingerprint density at radius 1 is 1.17 bits per heavy atom. The van der Waals surface area contributed by atoms with Gasteiger partial charge < -0.3 is 15.1 Å². The maximum absolute atomic E-state index is 11.1. The van der Waals surface area contributed by atoms with Crippen LogP contribution in [0, 0.1) is 0 Å². The van der Waals surface area contributed by atoms with Gasteiger partial charge in [-0.1, -0.05) is 12.1 Å². The highest BCUT2D eigenvalue weighted by Gasteiger charge is 2.21. The Morgan fingerprint density at radius 2 is 1.96 bits per heavy atom. The Bertz CT molecular complexity index is 693. The number of carbonyl (C=O) groups is 1. The van der Waals surface area contributed by atoms with Gasteiger partial charge in [0.2, 0.25) is 0 Å². The summed E-state index contributed by atoms with van der Waals surface area (Å²) in [7, 11) is 0. The molecule has 3 rings (SSSR count). The van der Waals surface area contributed by atoms with E-state index in [0.717, 1.165) is 24.3 Å². The first-order valence-electron chi connectivity index (χ1n) is 7.99. The van der Waals surface area contributed by atoms with Crippen molar-refractivity contribution < 1.29 is 15.0 Å². The molecule has 1 saturated heterocycles. The number of anilines is 1. The molecule has 1 aliphatic heterocycles. The summed E-state index contributed by atoms with van der Waals surface area (Å²) in [4.78, 5) is 19.4. The van der Waals surface area contributed by atoms with Gasteiger partial charge in [0.15, 0.2) is 0 Å². The Hall–Kier alpha value is -2.44. The van der Waals surface area contributed by atoms with Crippen LogP contribution in [0.1, 0.15) is 15.9 Å². The molecule has 2 N–H and O–H groups in total. The predicted molar refractivity (Wildman–Crippen MR) is 91.1 cm³/mol. The van der Waals surface area contributed by atoms with Crippen molar-refractivity contribution in [1.82, 2.24) is 9.88 Å². The van der Waals surface area contributed by atoms with Gasteiger partial charge in [-0.3, -0.25) is 9.88 Å². The molecule has 24 heavy (non-hydrogen) atoms. The molecule has 2 aromatic rings. The van der Waals surface area contributed by atoms with E-state index in [2.05, 4.69) is 14.8 Å². The molecule has 1 atom stereocenters. The number of aromatic carboxylic acids is 1. The summed E-state index contributed by atoms with van der Waals surface area (Å²) in [5, 5.41) is 19.4. The zero-order valence-corrected chi connectivity index (χ0v) is 13.4. The minimum absolute atomic E-state index is 0.293. The van der Waals surface area contributed by atoms with Crippen LogP contribution in [-0.2, 0) is 6.54 Å². The van der Waals surface area contributed by atoms with Crippen molar-refractivity contribution in [3.8, 4) is 0 Å². The Labute approximate surface area is 141 Å². The largest absolute Gasteiger partial charge is 0.478 e. The van der Waals surface area contributed by atoms with E-state index in [4.69, 9.17) is 5.11 Å². The molecule has 6 heteroatoms. The van der Waals surface area contributed by atoms with Crippen LogP contribution in [0.25, 0.3) is 0 Å². The van der Waals surface area contributed by atoms with Gasteiger partial charge in [0.25, 0.3) is 0 Å². The van der Waals surface area contributed by atoms with Crippen LogP contribution in [0.4, 0.5) is 5.69 Å². The number of hydrogen-bond acceptors (Lipinski definition) is 5. The second-order valence-electron chi connectivity index (χ2n) is 6.05. The summed E-state index contributed by atoms with van der Waals surface area (Å²) >= 11 is 0. The molecule has 0 aliphatic carbocycles. The van der Waals surface area contributed by atoms with Gasteiger partial charge in [-0.25, -0.2) is 4.79 Å². The second kappa shape index (κ2) is 7.42. The van der Waals surface area contributed by atoms with Crippen molar-refractivity contribution in [2.75, 3.05) is 31.1 Å². The molecule has 1 aromatic carbocycles. The monoisotopic (exact) mass is 327 g/mol. The molecule has 0 radical (unpaired) electrons. The molecular weight excluding hydrogens is 306 g/mol.